The number of nitrogens with one attached hydrogen (secondary N) is 1. The van der Waals surface area contributed by atoms with E-state index in [4.69, 9.17) is 0 Å². The van der Waals surface area contributed by atoms with Gasteiger partial charge in [-0.2, -0.15) is 0 Å². The van der Waals surface area contributed by atoms with Gasteiger partial charge in [0.25, 0.3) is 0 Å². The summed E-state index contributed by atoms with van der Waals surface area (Å²) in [6.45, 7) is 8.53. The molecule has 1 unspecified atom stereocenters. The molecule has 1 rings (SSSR count). The van der Waals surface area contributed by atoms with E-state index in [9.17, 15) is 9.90 Å². The van der Waals surface area contributed by atoms with E-state index in [-0.39, 0.29) is 12.1 Å². The molecule has 1 aromatic rings. The summed E-state index contributed by atoms with van der Waals surface area (Å²) in [6, 6.07) is 7.35. The molecular weight excluding hydrogens is 240 g/mol. The molecule has 2 N–H and O–H groups in total. The number of hydrogen-bond acceptors (Lipinski definition) is 2. The van der Waals surface area contributed by atoms with E-state index in [0.717, 1.165) is 24.2 Å². The maximum absolute atomic E-state index is 12.1. The first kappa shape index (κ1) is 15.5. The lowest BCUT2D eigenvalue weighted by Gasteiger charge is -2.26. The molecule has 0 aliphatic rings. The van der Waals surface area contributed by atoms with Gasteiger partial charge in [0.15, 0.2) is 0 Å². The van der Waals surface area contributed by atoms with Crippen molar-refractivity contribution in [3.05, 3.63) is 29.8 Å². The number of aliphatic hydroxyl groups is 1. The van der Waals surface area contributed by atoms with Crippen LogP contribution < -0.4 is 5.32 Å². The highest BCUT2D eigenvalue weighted by Gasteiger charge is 2.15. The second-order valence-electron chi connectivity index (χ2n) is 5.02. The zero-order chi connectivity index (χ0) is 14.4. The molecule has 2 amide bonds. The number of amides is 2. The fourth-order valence-electron chi connectivity index (χ4n) is 1.88. The lowest BCUT2D eigenvalue weighted by atomic mass is 10.1. The van der Waals surface area contributed by atoms with Crippen molar-refractivity contribution in [2.45, 2.75) is 46.3 Å². The summed E-state index contributed by atoms with van der Waals surface area (Å²) in [4.78, 5) is 13.9. The number of urea groups is 1. The Morgan fingerprint density at radius 2 is 1.84 bits per heavy atom. The van der Waals surface area contributed by atoms with Crippen molar-refractivity contribution >= 4 is 11.7 Å². The van der Waals surface area contributed by atoms with Crippen LogP contribution in [0.5, 0.6) is 0 Å². The van der Waals surface area contributed by atoms with E-state index in [0.29, 0.717) is 0 Å². The Bertz CT molecular complexity index is 399. The van der Waals surface area contributed by atoms with Crippen molar-refractivity contribution in [2.24, 2.45) is 0 Å². The van der Waals surface area contributed by atoms with Gasteiger partial charge in [-0.05, 0) is 44.9 Å². The summed E-state index contributed by atoms with van der Waals surface area (Å²) >= 11 is 0. The third-order valence-corrected chi connectivity index (χ3v) is 2.99. The molecule has 0 radical (unpaired) electrons. The highest BCUT2D eigenvalue weighted by Crippen LogP contribution is 2.16. The molecule has 0 aliphatic carbocycles. The van der Waals surface area contributed by atoms with Crippen molar-refractivity contribution < 1.29 is 9.90 Å². The molecule has 1 atom stereocenters. The first-order valence-corrected chi connectivity index (χ1v) is 6.81. The van der Waals surface area contributed by atoms with E-state index < -0.39 is 6.10 Å². The summed E-state index contributed by atoms with van der Waals surface area (Å²) in [6.07, 6.45) is 0.448. The number of anilines is 1. The molecule has 4 nitrogen and oxygen atoms in total. The van der Waals surface area contributed by atoms with E-state index in [2.05, 4.69) is 12.2 Å². The molecule has 0 saturated heterocycles. The van der Waals surface area contributed by atoms with Crippen LogP contribution in [0.15, 0.2) is 24.3 Å². The summed E-state index contributed by atoms with van der Waals surface area (Å²) < 4.78 is 0. The summed E-state index contributed by atoms with van der Waals surface area (Å²) in [5.74, 6) is 0. The lowest BCUT2D eigenvalue weighted by Crippen LogP contribution is -2.40. The quantitative estimate of drug-likeness (QED) is 0.856. The first-order chi connectivity index (χ1) is 8.95. The zero-order valence-corrected chi connectivity index (χ0v) is 12.2. The third kappa shape index (κ3) is 4.56. The maximum atomic E-state index is 12.1. The minimum atomic E-state index is -0.489. The Morgan fingerprint density at radius 3 is 2.26 bits per heavy atom. The largest absolute Gasteiger partial charge is 0.389 e. The number of benzene rings is 1. The summed E-state index contributed by atoms with van der Waals surface area (Å²) in [7, 11) is 0. The summed E-state index contributed by atoms with van der Waals surface area (Å²) in [5, 5.41) is 12.3. The molecule has 0 spiro atoms. The van der Waals surface area contributed by atoms with Gasteiger partial charge < -0.3 is 15.3 Å². The van der Waals surface area contributed by atoms with Crippen molar-refractivity contribution in [2.75, 3.05) is 11.9 Å². The number of carbonyl (C=O) groups excluding carboxylic acids is 1. The van der Waals surface area contributed by atoms with Crippen LogP contribution in [-0.4, -0.2) is 28.6 Å². The van der Waals surface area contributed by atoms with E-state index in [1.54, 1.807) is 6.92 Å². The molecule has 0 fully saturated rings. The van der Waals surface area contributed by atoms with Crippen LogP contribution in [0.1, 0.15) is 45.8 Å². The Labute approximate surface area is 115 Å². The van der Waals surface area contributed by atoms with E-state index in [1.807, 2.05) is 43.0 Å². The fraction of sp³-hybridized carbons (Fsp3) is 0.533. The van der Waals surface area contributed by atoms with Gasteiger partial charge in [0.1, 0.15) is 0 Å². The molecule has 0 heterocycles. The van der Waals surface area contributed by atoms with Gasteiger partial charge in [-0.1, -0.05) is 19.1 Å². The maximum Gasteiger partial charge on any atom is 0.322 e. The van der Waals surface area contributed by atoms with Crippen LogP contribution in [0.4, 0.5) is 10.5 Å². The minimum Gasteiger partial charge on any atom is -0.389 e. The molecule has 0 saturated carbocycles. The predicted molar refractivity (Wildman–Crippen MR) is 78.2 cm³/mol. The van der Waals surface area contributed by atoms with Crippen LogP contribution in [-0.2, 0) is 0 Å². The van der Waals surface area contributed by atoms with Crippen molar-refractivity contribution in [1.82, 2.24) is 4.90 Å². The van der Waals surface area contributed by atoms with Crippen molar-refractivity contribution in [1.29, 1.82) is 0 Å². The standard InChI is InChI=1S/C15H24N2O2/c1-5-10-17(11(2)3)15(19)16-14-8-6-13(7-9-14)12(4)18/h6-9,11-12,18H,5,10H2,1-4H3,(H,16,19). The number of carbonyl (C=O) groups is 1. The smallest absolute Gasteiger partial charge is 0.322 e. The third-order valence-electron chi connectivity index (χ3n) is 2.99. The van der Waals surface area contributed by atoms with E-state index >= 15 is 0 Å². The normalized spacial score (nSPS) is 12.3. The second-order valence-corrected chi connectivity index (χ2v) is 5.02. The monoisotopic (exact) mass is 264 g/mol. The van der Waals surface area contributed by atoms with Crippen LogP contribution in [0.3, 0.4) is 0 Å². The second kappa shape index (κ2) is 7.14. The Balaban J connectivity index is 2.69. The predicted octanol–water partition coefficient (Wildman–Crippen LogP) is 3.39. The molecule has 0 aliphatic heterocycles. The highest BCUT2D eigenvalue weighted by atomic mass is 16.3. The van der Waals surface area contributed by atoms with Crippen LogP contribution >= 0.6 is 0 Å². The SMILES string of the molecule is CCCN(C(=O)Nc1ccc(C(C)O)cc1)C(C)C. The van der Waals surface area contributed by atoms with Gasteiger partial charge in [-0.25, -0.2) is 4.79 Å². The number of hydrogen-bond donors (Lipinski definition) is 2. The first-order valence-electron chi connectivity index (χ1n) is 6.81. The Kier molecular flexibility index (Phi) is 5.83. The topological polar surface area (TPSA) is 52.6 Å². The van der Waals surface area contributed by atoms with Crippen LogP contribution in [0.25, 0.3) is 0 Å². The van der Waals surface area contributed by atoms with Crippen molar-refractivity contribution in [3.8, 4) is 0 Å². The Hall–Kier alpha value is -1.55. The average Bonchev–Trinajstić information content (AvgIpc) is 2.36. The van der Waals surface area contributed by atoms with Gasteiger partial charge >= 0.3 is 6.03 Å². The number of nitrogens with zero attached hydrogens (tertiary/aromatic N) is 1. The van der Waals surface area contributed by atoms with Crippen LogP contribution in [0, 0.1) is 0 Å². The van der Waals surface area contributed by atoms with Crippen molar-refractivity contribution in [3.63, 3.8) is 0 Å². The van der Waals surface area contributed by atoms with Crippen LogP contribution in [0.2, 0.25) is 0 Å². The van der Waals surface area contributed by atoms with Gasteiger partial charge in [0, 0.05) is 18.3 Å². The van der Waals surface area contributed by atoms with Gasteiger partial charge in [0.05, 0.1) is 6.10 Å². The zero-order valence-electron chi connectivity index (χ0n) is 12.2. The van der Waals surface area contributed by atoms with Gasteiger partial charge in [-0.3, -0.25) is 0 Å². The molecular formula is C15H24N2O2. The van der Waals surface area contributed by atoms with Gasteiger partial charge in [0.2, 0.25) is 0 Å². The molecule has 0 aromatic heterocycles. The molecule has 0 bridgehead atoms. The molecule has 19 heavy (non-hydrogen) atoms. The fourth-order valence-corrected chi connectivity index (χ4v) is 1.88. The van der Waals surface area contributed by atoms with Gasteiger partial charge in [-0.15, -0.1) is 0 Å². The Morgan fingerprint density at radius 1 is 1.26 bits per heavy atom. The molecule has 1 aromatic carbocycles. The lowest BCUT2D eigenvalue weighted by molar-refractivity contribution is 0.197. The van der Waals surface area contributed by atoms with E-state index in [1.165, 1.54) is 0 Å². The molecule has 4 heteroatoms. The number of aliphatic hydroxyl groups excluding tert-OH is 1. The minimum absolute atomic E-state index is 0.0818. The summed E-state index contributed by atoms with van der Waals surface area (Å²) in [5.41, 5.74) is 1.59. The average molecular weight is 264 g/mol. The molecule has 106 valence electrons. The highest BCUT2D eigenvalue weighted by molar-refractivity contribution is 5.89. The number of rotatable bonds is 5.